The van der Waals surface area contributed by atoms with Crippen LogP contribution in [0.25, 0.3) is 0 Å². The Morgan fingerprint density at radius 3 is 1.30 bits per heavy atom. The zero-order valence-electron chi connectivity index (χ0n) is 18.0. The van der Waals surface area contributed by atoms with Crippen molar-refractivity contribution < 1.29 is 0 Å². The highest BCUT2D eigenvalue weighted by atomic mass is 28.2. The lowest BCUT2D eigenvalue weighted by atomic mass is 9.91. The van der Waals surface area contributed by atoms with E-state index < -0.39 is 8.41 Å². The molecule has 2 nitrogen and oxygen atoms in total. The molecule has 0 spiro atoms. The van der Waals surface area contributed by atoms with Crippen molar-refractivity contribution >= 4 is 25.5 Å². The first kappa shape index (κ1) is 22.4. The third-order valence-corrected chi connectivity index (χ3v) is 7.85. The molecule has 0 N–H and O–H groups in total. The van der Waals surface area contributed by atoms with Crippen LogP contribution in [0.2, 0.25) is 10.1 Å². The minimum absolute atomic E-state index is 0.00802. The fourth-order valence-corrected chi connectivity index (χ4v) is 6.25. The third kappa shape index (κ3) is 7.69. The standard InChI is InChI=1S/C20H40N2Si/c1-15(17(2,3)4)21-22-16(18(5,6)7)14-23(19(8,9)10)20(11,12)13/h14H,1-13H3/b21-15+,22-16-. The van der Waals surface area contributed by atoms with E-state index in [0.29, 0.717) is 0 Å². The summed E-state index contributed by atoms with van der Waals surface area (Å²) in [6.07, 6.45) is 0. The molecule has 0 fully saturated rings. The molecule has 0 heterocycles. The van der Waals surface area contributed by atoms with E-state index in [0.717, 1.165) is 11.4 Å². The highest BCUT2D eigenvalue weighted by molar-refractivity contribution is 6.81. The molecule has 0 amide bonds. The summed E-state index contributed by atoms with van der Waals surface area (Å²) in [6.45, 7) is 29.4. The molecular weight excluding hydrogens is 296 g/mol. The summed E-state index contributed by atoms with van der Waals surface area (Å²) in [5, 5.41) is 9.85. The van der Waals surface area contributed by atoms with Gasteiger partial charge in [-0.2, -0.15) is 10.2 Å². The van der Waals surface area contributed by atoms with Gasteiger partial charge in [0, 0.05) is 25.0 Å². The Bertz CT molecular complexity index is 480. The first-order valence-electron chi connectivity index (χ1n) is 8.72. The second-order valence-corrected chi connectivity index (χ2v) is 14.8. The van der Waals surface area contributed by atoms with Crippen LogP contribution >= 0.6 is 0 Å². The minimum atomic E-state index is -0.764. The van der Waals surface area contributed by atoms with Crippen LogP contribution in [0.4, 0.5) is 0 Å². The van der Waals surface area contributed by atoms with Gasteiger partial charge in [-0.3, -0.25) is 0 Å². The Kier molecular flexibility index (Phi) is 6.95. The Labute approximate surface area is 147 Å². The van der Waals surface area contributed by atoms with E-state index in [-0.39, 0.29) is 20.9 Å². The van der Waals surface area contributed by atoms with E-state index in [4.69, 9.17) is 5.10 Å². The number of hydrogen-bond acceptors (Lipinski definition) is 2. The van der Waals surface area contributed by atoms with Gasteiger partial charge in [-0.1, -0.05) is 88.8 Å². The maximum absolute atomic E-state index is 4.70. The maximum Gasteiger partial charge on any atom is 0.0638 e. The van der Waals surface area contributed by atoms with Crippen LogP contribution in [0.15, 0.2) is 10.2 Å². The number of hydrogen-bond donors (Lipinski definition) is 0. The number of rotatable bonds is 2. The molecule has 0 atom stereocenters. The second kappa shape index (κ2) is 7.12. The van der Waals surface area contributed by atoms with E-state index in [2.05, 4.69) is 101 Å². The van der Waals surface area contributed by atoms with Gasteiger partial charge in [-0.25, -0.2) is 0 Å². The van der Waals surface area contributed by atoms with E-state index in [9.17, 15) is 0 Å². The molecule has 0 aliphatic carbocycles. The Morgan fingerprint density at radius 1 is 0.652 bits per heavy atom. The van der Waals surface area contributed by atoms with Crippen molar-refractivity contribution in [2.24, 2.45) is 21.0 Å². The fourth-order valence-electron chi connectivity index (χ4n) is 2.37. The topological polar surface area (TPSA) is 24.7 Å². The summed E-state index contributed by atoms with van der Waals surface area (Å²) in [4.78, 5) is 0. The van der Waals surface area contributed by atoms with Crippen molar-refractivity contribution in [3.8, 4) is 0 Å². The lowest BCUT2D eigenvalue weighted by Gasteiger charge is -2.34. The summed E-state index contributed by atoms with van der Waals surface area (Å²) in [5.74, 6) is 0. The molecule has 0 saturated heterocycles. The predicted molar refractivity (Wildman–Crippen MR) is 111 cm³/mol. The average Bonchev–Trinajstić information content (AvgIpc) is 2.21. The summed E-state index contributed by atoms with van der Waals surface area (Å²) < 4.78 is 0. The molecular formula is C20H40N2Si. The highest BCUT2D eigenvalue weighted by Gasteiger charge is 2.31. The molecule has 23 heavy (non-hydrogen) atoms. The fraction of sp³-hybridized carbons (Fsp3) is 0.850. The van der Waals surface area contributed by atoms with Crippen molar-refractivity contribution in [3.05, 3.63) is 0 Å². The lowest BCUT2D eigenvalue weighted by molar-refractivity contribution is 0.581. The van der Waals surface area contributed by atoms with Gasteiger partial charge in [0.05, 0.1) is 5.71 Å². The summed E-state index contributed by atoms with van der Waals surface area (Å²) >= 11 is 0. The van der Waals surface area contributed by atoms with Gasteiger partial charge in [0.1, 0.15) is 0 Å². The molecule has 0 bridgehead atoms. The normalized spacial score (nSPS) is 15.7. The molecule has 134 valence electrons. The zero-order chi connectivity index (χ0) is 18.9. The van der Waals surface area contributed by atoms with Gasteiger partial charge in [0.2, 0.25) is 0 Å². The first-order chi connectivity index (χ1) is 9.87. The molecule has 0 aliphatic rings. The largest absolute Gasteiger partial charge is 0.160 e. The summed E-state index contributed by atoms with van der Waals surface area (Å²) in [7, 11) is -0.764. The molecule has 0 rings (SSSR count). The van der Waals surface area contributed by atoms with Crippen molar-refractivity contribution in [1.29, 1.82) is 0 Å². The van der Waals surface area contributed by atoms with Crippen molar-refractivity contribution in [3.63, 3.8) is 0 Å². The van der Waals surface area contributed by atoms with E-state index in [1.807, 2.05) is 0 Å². The summed E-state index contributed by atoms with van der Waals surface area (Å²) in [6, 6.07) is 0. The lowest BCUT2D eigenvalue weighted by Crippen LogP contribution is -2.35. The van der Waals surface area contributed by atoms with Gasteiger partial charge >= 0.3 is 0 Å². The van der Waals surface area contributed by atoms with Crippen LogP contribution in [0.3, 0.4) is 0 Å². The smallest absolute Gasteiger partial charge is 0.0638 e. The third-order valence-electron chi connectivity index (χ3n) is 4.06. The molecule has 0 aromatic rings. The van der Waals surface area contributed by atoms with Crippen LogP contribution in [0.1, 0.15) is 90.0 Å². The van der Waals surface area contributed by atoms with Crippen LogP contribution in [-0.4, -0.2) is 25.5 Å². The number of nitrogens with zero attached hydrogens (tertiary/aromatic N) is 2. The van der Waals surface area contributed by atoms with Crippen molar-refractivity contribution in [2.45, 2.75) is 100 Å². The van der Waals surface area contributed by atoms with Gasteiger partial charge < -0.3 is 0 Å². The Morgan fingerprint density at radius 2 is 1.04 bits per heavy atom. The predicted octanol–water partition coefficient (Wildman–Crippen LogP) is 6.37. The minimum Gasteiger partial charge on any atom is -0.160 e. The Hall–Kier alpha value is -0.573. The van der Waals surface area contributed by atoms with E-state index >= 15 is 0 Å². The van der Waals surface area contributed by atoms with Crippen LogP contribution in [-0.2, 0) is 0 Å². The molecule has 0 saturated carbocycles. The van der Waals surface area contributed by atoms with Crippen LogP contribution in [0, 0.1) is 10.8 Å². The molecule has 3 heteroatoms. The highest BCUT2D eigenvalue weighted by Crippen LogP contribution is 2.38. The van der Waals surface area contributed by atoms with Gasteiger partial charge in [0.15, 0.2) is 0 Å². The molecule has 0 radical (unpaired) electrons. The van der Waals surface area contributed by atoms with Gasteiger partial charge in [0.25, 0.3) is 0 Å². The van der Waals surface area contributed by atoms with Crippen molar-refractivity contribution in [2.75, 3.05) is 0 Å². The monoisotopic (exact) mass is 336 g/mol. The molecule has 0 aromatic carbocycles. The van der Waals surface area contributed by atoms with E-state index in [1.54, 1.807) is 0 Å². The van der Waals surface area contributed by atoms with Gasteiger partial charge in [-0.05, 0) is 17.0 Å². The molecule has 0 unspecified atom stereocenters. The SMILES string of the molecule is C/C(=N\N=C(\C=[Si](C(C)(C)C)C(C)(C)C)C(C)(C)C)C(C)(C)C. The van der Waals surface area contributed by atoms with Crippen LogP contribution < -0.4 is 0 Å². The first-order valence-corrected chi connectivity index (χ1v) is 10.3. The average molecular weight is 337 g/mol. The van der Waals surface area contributed by atoms with E-state index in [1.165, 1.54) is 0 Å². The van der Waals surface area contributed by atoms with Crippen LogP contribution in [0.5, 0.6) is 0 Å². The van der Waals surface area contributed by atoms with Gasteiger partial charge in [-0.15, -0.1) is 0 Å². The quantitative estimate of drug-likeness (QED) is 0.318. The second-order valence-electron chi connectivity index (χ2n) is 10.7. The summed E-state index contributed by atoms with van der Waals surface area (Å²) in [5.41, 5.74) is 4.74. The molecule has 0 aromatic heterocycles. The molecule has 0 aliphatic heterocycles. The Balaban J connectivity index is 6.19. The van der Waals surface area contributed by atoms with Crippen molar-refractivity contribution in [1.82, 2.24) is 0 Å². The zero-order valence-corrected chi connectivity index (χ0v) is 19.0. The maximum atomic E-state index is 4.70.